The second-order valence-electron chi connectivity index (χ2n) is 3.68. The van der Waals surface area contributed by atoms with Gasteiger partial charge in [0.1, 0.15) is 0 Å². The van der Waals surface area contributed by atoms with Gasteiger partial charge in [-0.15, -0.1) is 0 Å². The van der Waals surface area contributed by atoms with Crippen LogP contribution in [0.25, 0.3) is 0 Å². The molecule has 0 aromatic carbocycles. The van der Waals surface area contributed by atoms with E-state index in [1.165, 1.54) is 24.0 Å². The molecule has 0 spiro atoms. The molecule has 1 rings (SSSR count). The van der Waals surface area contributed by atoms with E-state index in [1.54, 1.807) is 0 Å². The number of aryl methyl sites for hydroxylation is 1. The third-order valence-electron chi connectivity index (χ3n) is 2.60. The minimum absolute atomic E-state index is 0.165. The second-order valence-corrected chi connectivity index (χ2v) is 3.68. The van der Waals surface area contributed by atoms with Crippen molar-refractivity contribution in [1.29, 1.82) is 0 Å². The van der Waals surface area contributed by atoms with Crippen LogP contribution in [0.3, 0.4) is 0 Å². The minimum Gasteiger partial charge on any atom is -0.324 e. The van der Waals surface area contributed by atoms with Crippen molar-refractivity contribution < 1.29 is 0 Å². The Morgan fingerprint density at radius 2 is 2.21 bits per heavy atom. The molecule has 1 aromatic heterocycles. The topological polar surface area (TPSA) is 38.9 Å². The lowest BCUT2D eigenvalue weighted by molar-refractivity contribution is 0.597. The van der Waals surface area contributed by atoms with Gasteiger partial charge in [0.2, 0.25) is 0 Å². The van der Waals surface area contributed by atoms with Gasteiger partial charge in [0.25, 0.3) is 0 Å². The number of nitrogens with two attached hydrogens (primary N) is 1. The molecular weight excluding hydrogens is 172 g/mol. The Morgan fingerprint density at radius 1 is 1.43 bits per heavy atom. The van der Waals surface area contributed by atoms with E-state index in [0.717, 1.165) is 12.8 Å². The van der Waals surface area contributed by atoms with Gasteiger partial charge in [-0.25, -0.2) is 0 Å². The Labute approximate surface area is 86.5 Å². The highest BCUT2D eigenvalue weighted by molar-refractivity contribution is 5.26. The number of aromatic nitrogens is 1. The second kappa shape index (κ2) is 5.76. The molecular formula is C12H20N2. The van der Waals surface area contributed by atoms with Gasteiger partial charge in [-0.1, -0.05) is 26.7 Å². The molecule has 0 aliphatic carbocycles. The molecule has 0 aliphatic heterocycles. The smallest absolute Gasteiger partial charge is 0.0318 e. The van der Waals surface area contributed by atoms with Crippen LogP contribution in [-0.4, -0.2) is 4.98 Å². The number of rotatable bonds is 5. The fourth-order valence-electron chi connectivity index (χ4n) is 1.67. The summed E-state index contributed by atoms with van der Waals surface area (Å²) >= 11 is 0. The molecule has 0 saturated carbocycles. The maximum Gasteiger partial charge on any atom is 0.0318 e. The summed E-state index contributed by atoms with van der Waals surface area (Å²) in [4.78, 5) is 4.14. The predicted octanol–water partition coefficient (Wildman–Crippen LogP) is 2.83. The number of hydrogen-bond acceptors (Lipinski definition) is 2. The van der Waals surface area contributed by atoms with Crippen molar-refractivity contribution in [2.75, 3.05) is 0 Å². The molecule has 0 unspecified atom stereocenters. The fraction of sp³-hybridized carbons (Fsp3) is 0.583. The van der Waals surface area contributed by atoms with Crippen molar-refractivity contribution in [2.24, 2.45) is 5.73 Å². The van der Waals surface area contributed by atoms with Gasteiger partial charge in [-0.3, -0.25) is 4.98 Å². The molecule has 14 heavy (non-hydrogen) atoms. The summed E-state index contributed by atoms with van der Waals surface area (Å²) in [6, 6.07) is 2.24. The van der Waals surface area contributed by atoms with Gasteiger partial charge in [0.15, 0.2) is 0 Å². The molecule has 0 amide bonds. The zero-order valence-corrected chi connectivity index (χ0v) is 9.16. The van der Waals surface area contributed by atoms with Crippen LogP contribution in [0.2, 0.25) is 0 Å². The molecule has 0 fully saturated rings. The van der Waals surface area contributed by atoms with Gasteiger partial charge in [-0.05, 0) is 30.0 Å². The summed E-state index contributed by atoms with van der Waals surface area (Å²) < 4.78 is 0. The summed E-state index contributed by atoms with van der Waals surface area (Å²) in [5, 5.41) is 0. The zero-order valence-electron chi connectivity index (χ0n) is 9.16. The van der Waals surface area contributed by atoms with Gasteiger partial charge in [0, 0.05) is 18.4 Å². The van der Waals surface area contributed by atoms with E-state index < -0.39 is 0 Å². The van der Waals surface area contributed by atoms with E-state index in [2.05, 4.69) is 24.9 Å². The van der Waals surface area contributed by atoms with Crippen LogP contribution >= 0.6 is 0 Å². The average molecular weight is 192 g/mol. The molecule has 0 saturated heterocycles. The Hall–Kier alpha value is -0.890. The largest absolute Gasteiger partial charge is 0.324 e. The summed E-state index contributed by atoms with van der Waals surface area (Å²) in [6.45, 7) is 4.35. The van der Waals surface area contributed by atoms with Crippen LogP contribution in [0.5, 0.6) is 0 Å². The van der Waals surface area contributed by atoms with Crippen molar-refractivity contribution in [1.82, 2.24) is 4.98 Å². The Balaban J connectivity index is 2.72. The van der Waals surface area contributed by atoms with E-state index >= 15 is 0 Å². The number of unbranched alkanes of at least 4 members (excludes halogenated alkanes) is 1. The molecule has 1 heterocycles. The maximum atomic E-state index is 6.12. The first-order chi connectivity index (χ1) is 6.79. The van der Waals surface area contributed by atoms with E-state index in [0.29, 0.717) is 0 Å². The third kappa shape index (κ3) is 2.81. The molecule has 2 N–H and O–H groups in total. The van der Waals surface area contributed by atoms with Gasteiger partial charge in [0.05, 0.1) is 0 Å². The molecule has 1 aromatic rings. The van der Waals surface area contributed by atoms with Crippen molar-refractivity contribution in [3.05, 3.63) is 29.6 Å². The summed E-state index contributed by atoms with van der Waals surface area (Å²) in [7, 11) is 0. The van der Waals surface area contributed by atoms with Crippen LogP contribution in [0.15, 0.2) is 18.5 Å². The van der Waals surface area contributed by atoms with Crippen LogP contribution in [0.1, 0.15) is 50.3 Å². The molecule has 1 atom stereocenters. The molecule has 78 valence electrons. The van der Waals surface area contributed by atoms with E-state index in [-0.39, 0.29) is 6.04 Å². The first-order valence-corrected chi connectivity index (χ1v) is 5.48. The normalized spacial score (nSPS) is 12.8. The maximum absolute atomic E-state index is 6.12. The SMILES string of the molecule is CCCC[C@H](N)c1cnccc1CC. The Bertz CT molecular complexity index is 271. The highest BCUT2D eigenvalue weighted by atomic mass is 14.7. The third-order valence-corrected chi connectivity index (χ3v) is 2.60. The molecule has 0 radical (unpaired) electrons. The first kappa shape index (κ1) is 11.2. The lowest BCUT2D eigenvalue weighted by Gasteiger charge is -2.14. The Morgan fingerprint density at radius 3 is 2.86 bits per heavy atom. The van der Waals surface area contributed by atoms with E-state index in [9.17, 15) is 0 Å². The van der Waals surface area contributed by atoms with Crippen molar-refractivity contribution in [3.8, 4) is 0 Å². The van der Waals surface area contributed by atoms with Crippen LogP contribution < -0.4 is 5.73 Å². The number of hydrogen-bond donors (Lipinski definition) is 1. The van der Waals surface area contributed by atoms with Gasteiger partial charge < -0.3 is 5.73 Å². The summed E-state index contributed by atoms with van der Waals surface area (Å²) in [5.74, 6) is 0. The lowest BCUT2D eigenvalue weighted by atomic mass is 9.98. The Kier molecular flexibility index (Phi) is 4.60. The quantitative estimate of drug-likeness (QED) is 0.779. The molecule has 0 bridgehead atoms. The lowest BCUT2D eigenvalue weighted by Crippen LogP contribution is -2.12. The highest BCUT2D eigenvalue weighted by Crippen LogP contribution is 2.19. The van der Waals surface area contributed by atoms with E-state index in [1.807, 2.05) is 12.4 Å². The fourth-order valence-corrected chi connectivity index (χ4v) is 1.67. The predicted molar refractivity (Wildman–Crippen MR) is 60.1 cm³/mol. The van der Waals surface area contributed by atoms with Crippen molar-refractivity contribution >= 4 is 0 Å². The van der Waals surface area contributed by atoms with Crippen molar-refractivity contribution in [2.45, 2.75) is 45.6 Å². The zero-order chi connectivity index (χ0) is 10.4. The monoisotopic (exact) mass is 192 g/mol. The number of nitrogens with zero attached hydrogens (tertiary/aromatic N) is 1. The summed E-state index contributed by atoms with van der Waals surface area (Å²) in [5.41, 5.74) is 8.68. The standard InChI is InChI=1S/C12H20N2/c1-3-5-6-12(13)11-9-14-8-7-10(11)4-2/h7-9,12H,3-6,13H2,1-2H3/t12-/m0/s1. The van der Waals surface area contributed by atoms with Gasteiger partial charge in [-0.2, -0.15) is 0 Å². The van der Waals surface area contributed by atoms with Crippen LogP contribution in [-0.2, 0) is 6.42 Å². The van der Waals surface area contributed by atoms with Crippen LogP contribution in [0.4, 0.5) is 0 Å². The molecule has 2 nitrogen and oxygen atoms in total. The van der Waals surface area contributed by atoms with Crippen molar-refractivity contribution in [3.63, 3.8) is 0 Å². The van der Waals surface area contributed by atoms with Gasteiger partial charge >= 0.3 is 0 Å². The molecule has 0 aliphatic rings. The minimum atomic E-state index is 0.165. The van der Waals surface area contributed by atoms with E-state index in [4.69, 9.17) is 5.73 Å². The first-order valence-electron chi connectivity index (χ1n) is 5.48. The summed E-state index contributed by atoms with van der Waals surface area (Å²) in [6.07, 6.45) is 8.26. The van der Waals surface area contributed by atoms with Crippen LogP contribution in [0, 0.1) is 0 Å². The number of pyridine rings is 1. The average Bonchev–Trinajstić information content (AvgIpc) is 2.25. The molecule has 2 heteroatoms. The highest BCUT2D eigenvalue weighted by Gasteiger charge is 2.09.